The van der Waals surface area contributed by atoms with Gasteiger partial charge in [0.05, 0.1) is 5.56 Å². The first-order valence-electron chi connectivity index (χ1n) is 7.73. The molecule has 23 heavy (non-hydrogen) atoms. The van der Waals surface area contributed by atoms with Gasteiger partial charge in [0.2, 0.25) is 0 Å². The van der Waals surface area contributed by atoms with Crippen molar-refractivity contribution in [1.29, 1.82) is 0 Å². The lowest BCUT2D eigenvalue weighted by Gasteiger charge is -2.32. The van der Waals surface area contributed by atoms with Gasteiger partial charge < -0.3 is 5.32 Å². The Morgan fingerprint density at radius 2 is 2.00 bits per heavy atom. The van der Waals surface area contributed by atoms with Gasteiger partial charge in [-0.05, 0) is 29.6 Å². The Kier molecular flexibility index (Phi) is 5.15. The van der Waals surface area contributed by atoms with E-state index in [1.165, 1.54) is 23.0 Å². The number of thiophene rings is 1. The van der Waals surface area contributed by atoms with Gasteiger partial charge in [0.15, 0.2) is 5.00 Å². The number of amides is 1. The summed E-state index contributed by atoms with van der Waals surface area (Å²) in [5.74, 6) is -0.113. The maximum Gasteiger partial charge on any atom is 0.252 e. The number of benzene rings is 1. The van der Waals surface area contributed by atoms with Crippen LogP contribution in [0.15, 0.2) is 47.0 Å². The molecule has 0 saturated carbocycles. The molecule has 0 spiro atoms. The van der Waals surface area contributed by atoms with E-state index in [-0.39, 0.29) is 11.9 Å². The number of likely N-dealkylation sites (tertiary alicyclic amines) is 1. The molecular weight excluding hydrogens is 310 g/mol. The lowest BCUT2D eigenvalue weighted by atomic mass is 10.0. The van der Waals surface area contributed by atoms with Gasteiger partial charge in [0.25, 0.3) is 5.91 Å². The molecule has 0 unspecified atom stereocenters. The third kappa shape index (κ3) is 4.24. The fraction of sp³-hybridized carbons (Fsp3) is 0.353. The second kappa shape index (κ2) is 7.48. The molecule has 1 aliphatic rings. The van der Waals surface area contributed by atoms with Crippen LogP contribution in [0.5, 0.6) is 0 Å². The molecule has 0 aliphatic carbocycles. The number of carbonyl (C=O) groups excluding carboxylic acids is 1. The van der Waals surface area contributed by atoms with E-state index in [0.29, 0.717) is 10.6 Å². The lowest BCUT2D eigenvalue weighted by Crippen LogP contribution is -2.44. The van der Waals surface area contributed by atoms with E-state index in [2.05, 4.69) is 39.7 Å². The van der Waals surface area contributed by atoms with Crippen LogP contribution in [0.1, 0.15) is 28.8 Å². The molecule has 0 atom stereocenters. The van der Waals surface area contributed by atoms with E-state index in [9.17, 15) is 9.70 Å². The van der Waals surface area contributed by atoms with E-state index >= 15 is 0 Å². The Labute approximate surface area is 139 Å². The molecule has 2 heterocycles. The molecule has 1 aromatic heterocycles. The molecule has 120 valence electrons. The topological polar surface area (TPSA) is 61.8 Å². The summed E-state index contributed by atoms with van der Waals surface area (Å²) >= 11 is 1.19. The van der Waals surface area contributed by atoms with Crippen LogP contribution in [-0.2, 0) is 6.54 Å². The summed E-state index contributed by atoms with van der Waals surface area (Å²) < 4.78 is 0. The highest BCUT2D eigenvalue weighted by Gasteiger charge is 2.21. The molecule has 6 heteroatoms. The minimum absolute atomic E-state index is 0.113. The van der Waals surface area contributed by atoms with E-state index in [1.54, 1.807) is 5.38 Å². The smallest absolute Gasteiger partial charge is 0.252 e. The molecule has 0 bridgehead atoms. The van der Waals surface area contributed by atoms with Gasteiger partial charge in [0.1, 0.15) is 0 Å². The number of piperidine rings is 1. The maximum atomic E-state index is 12.2. The van der Waals surface area contributed by atoms with Gasteiger partial charge in [-0.3, -0.25) is 9.69 Å². The maximum absolute atomic E-state index is 12.2. The number of nitroso groups, excluding NO2 is 1. The Balaban J connectivity index is 1.47. The molecule has 0 radical (unpaired) electrons. The first-order chi connectivity index (χ1) is 11.2. The molecule has 1 amide bonds. The van der Waals surface area contributed by atoms with Crippen molar-refractivity contribution < 1.29 is 4.79 Å². The second-order valence-electron chi connectivity index (χ2n) is 5.77. The number of nitrogens with zero attached hydrogens (tertiary/aromatic N) is 2. The minimum Gasteiger partial charge on any atom is -0.349 e. The van der Waals surface area contributed by atoms with Crippen LogP contribution in [0.3, 0.4) is 0 Å². The Hall–Kier alpha value is -2.05. The fourth-order valence-corrected chi connectivity index (χ4v) is 3.50. The highest BCUT2D eigenvalue weighted by molar-refractivity contribution is 7.14. The van der Waals surface area contributed by atoms with E-state index in [1.807, 2.05) is 6.07 Å². The van der Waals surface area contributed by atoms with Crippen LogP contribution in [0, 0.1) is 4.91 Å². The van der Waals surface area contributed by atoms with Gasteiger partial charge >= 0.3 is 0 Å². The zero-order chi connectivity index (χ0) is 16.1. The van der Waals surface area contributed by atoms with Crippen molar-refractivity contribution in [1.82, 2.24) is 10.2 Å². The number of rotatable bonds is 5. The molecule has 1 N–H and O–H groups in total. The van der Waals surface area contributed by atoms with Crippen LogP contribution in [0.25, 0.3) is 0 Å². The van der Waals surface area contributed by atoms with Crippen LogP contribution in [-0.4, -0.2) is 29.9 Å². The largest absolute Gasteiger partial charge is 0.349 e. The fourth-order valence-electron chi connectivity index (χ4n) is 2.84. The molecule has 1 fully saturated rings. The molecule has 1 aliphatic heterocycles. The van der Waals surface area contributed by atoms with Crippen molar-refractivity contribution in [3.8, 4) is 0 Å². The van der Waals surface area contributed by atoms with Crippen LogP contribution in [0.4, 0.5) is 5.00 Å². The highest BCUT2D eigenvalue weighted by Crippen LogP contribution is 2.23. The van der Waals surface area contributed by atoms with E-state index < -0.39 is 0 Å². The third-order valence-corrected chi connectivity index (χ3v) is 4.92. The third-order valence-electron chi connectivity index (χ3n) is 4.11. The number of hydrogen-bond donors (Lipinski definition) is 1. The average molecular weight is 329 g/mol. The summed E-state index contributed by atoms with van der Waals surface area (Å²) in [5, 5.41) is 7.92. The molecule has 2 aromatic rings. The first-order valence-corrected chi connectivity index (χ1v) is 8.61. The van der Waals surface area contributed by atoms with E-state index in [0.717, 1.165) is 32.5 Å². The second-order valence-corrected chi connectivity index (χ2v) is 6.66. The van der Waals surface area contributed by atoms with Gasteiger partial charge in [-0.2, -0.15) is 0 Å². The van der Waals surface area contributed by atoms with Crippen molar-refractivity contribution in [2.24, 2.45) is 5.18 Å². The number of carbonyl (C=O) groups is 1. The normalized spacial score (nSPS) is 16.2. The Morgan fingerprint density at radius 3 is 2.65 bits per heavy atom. The Morgan fingerprint density at radius 1 is 1.26 bits per heavy atom. The molecular formula is C17H19N3O2S. The monoisotopic (exact) mass is 329 g/mol. The average Bonchev–Trinajstić information content (AvgIpc) is 3.07. The minimum atomic E-state index is -0.113. The highest BCUT2D eigenvalue weighted by atomic mass is 32.1. The zero-order valence-corrected chi connectivity index (χ0v) is 13.6. The predicted molar refractivity (Wildman–Crippen MR) is 92.0 cm³/mol. The van der Waals surface area contributed by atoms with Crippen molar-refractivity contribution in [3.05, 3.63) is 57.8 Å². The summed E-state index contributed by atoms with van der Waals surface area (Å²) in [5.41, 5.74) is 1.85. The molecule has 3 rings (SSSR count). The molecule has 1 saturated heterocycles. The summed E-state index contributed by atoms with van der Waals surface area (Å²) in [7, 11) is 0. The SMILES string of the molecule is O=Nc1cc(C(=O)NC2CCN(Cc3ccccc3)CC2)cs1. The summed E-state index contributed by atoms with van der Waals surface area (Å²) in [6.45, 7) is 2.91. The standard InChI is InChI=1S/C17H19N3O2S/c21-17(14-10-16(19-22)23-12-14)18-15-6-8-20(9-7-15)11-13-4-2-1-3-5-13/h1-5,10,12,15H,6-9,11H2,(H,18,21). The Bertz CT molecular complexity index is 663. The summed E-state index contributed by atoms with van der Waals surface area (Å²) in [6, 6.07) is 12.2. The van der Waals surface area contributed by atoms with Crippen molar-refractivity contribution in [3.63, 3.8) is 0 Å². The van der Waals surface area contributed by atoms with Gasteiger partial charge in [-0.25, -0.2) is 0 Å². The molecule has 1 aromatic carbocycles. The van der Waals surface area contributed by atoms with Gasteiger partial charge in [0, 0.05) is 31.1 Å². The van der Waals surface area contributed by atoms with Crippen LogP contribution in [0.2, 0.25) is 0 Å². The van der Waals surface area contributed by atoms with Crippen molar-refractivity contribution in [2.75, 3.05) is 13.1 Å². The summed E-state index contributed by atoms with van der Waals surface area (Å²) in [6.07, 6.45) is 1.89. The lowest BCUT2D eigenvalue weighted by molar-refractivity contribution is 0.0909. The predicted octanol–water partition coefficient (Wildman–Crippen LogP) is 3.54. The summed E-state index contributed by atoms with van der Waals surface area (Å²) in [4.78, 5) is 25.0. The van der Waals surface area contributed by atoms with Crippen LogP contribution < -0.4 is 5.32 Å². The van der Waals surface area contributed by atoms with Gasteiger partial charge in [-0.1, -0.05) is 30.3 Å². The van der Waals surface area contributed by atoms with Crippen molar-refractivity contribution >= 4 is 22.2 Å². The van der Waals surface area contributed by atoms with Crippen LogP contribution >= 0.6 is 11.3 Å². The number of nitrogens with one attached hydrogen (secondary N) is 1. The van der Waals surface area contributed by atoms with E-state index in [4.69, 9.17) is 0 Å². The quantitative estimate of drug-likeness (QED) is 0.854. The van der Waals surface area contributed by atoms with Gasteiger partial charge in [-0.15, -0.1) is 16.2 Å². The first kappa shape index (κ1) is 15.8. The zero-order valence-electron chi connectivity index (χ0n) is 12.8. The molecule has 5 nitrogen and oxygen atoms in total. The van der Waals surface area contributed by atoms with Crippen molar-refractivity contribution in [2.45, 2.75) is 25.4 Å². The number of hydrogen-bond acceptors (Lipinski definition) is 5.